The van der Waals surface area contributed by atoms with Gasteiger partial charge in [0, 0.05) is 27.1 Å². The molecule has 1 heterocycles. The Morgan fingerprint density at radius 3 is 1.82 bits per heavy atom. The van der Waals surface area contributed by atoms with E-state index < -0.39 is 0 Å². The number of carbonyl (C=O) groups is 1. The first-order valence-electron chi connectivity index (χ1n) is 11.1. The summed E-state index contributed by atoms with van der Waals surface area (Å²) in [5.74, 6) is -0.129. The fraction of sp³-hybridized carbons (Fsp3) is 0.0333. The number of hydrogen-bond donors (Lipinski definition) is 1. The minimum absolute atomic E-state index is 0.129. The van der Waals surface area contributed by atoms with Crippen molar-refractivity contribution in [2.24, 2.45) is 0 Å². The lowest BCUT2D eigenvalue weighted by Gasteiger charge is -2.14. The van der Waals surface area contributed by atoms with E-state index in [2.05, 4.69) is 62.2 Å². The summed E-state index contributed by atoms with van der Waals surface area (Å²) in [6, 6.07) is 38.2. The van der Waals surface area contributed by atoms with E-state index >= 15 is 0 Å². The summed E-state index contributed by atoms with van der Waals surface area (Å²) in [5.41, 5.74) is 7.26. The predicted molar refractivity (Wildman–Crippen MR) is 143 cm³/mol. The smallest absolute Gasteiger partial charge is 0.258 e. The van der Waals surface area contributed by atoms with Crippen molar-refractivity contribution in [3.05, 3.63) is 131 Å². The van der Waals surface area contributed by atoms with E-state index in [0.29, 0.717) is 5.56 Å². The van der Waals surface area contributed by atoms with Crippen molar-refractivity contribution in [3.63, 3.8) is 0 Å². The van der Waals surface area contributed by atoms with Crippen LogP contribution >= 0.6 is 15.9 Å². The molecule has 5 rings (SSSR count). The van der Waals surface area contributed by atoms with Gasteiger partial charge in [0.25, 0.3) is 5.91 Å². The number of carbonyl (C=O) groups excluding carboxylic acids is 1. The summed E-state index contributed by atoms with van der Waals surface area (Å²) in [6.07, 6.45) is 0. The lowest BCUT2D eigenvalue weighted by atomic mass is 9.96. The molecule has 0 aliphatic rings. The van der Waals surface area contributed by atoms with Gasteiger partial charge in [-0.1, -0.05) is 94.8 Å². The highest BCUT2D eigenvalue weighted by Crippen LogP contribution is 2.41. The SMILES string of the molecule is Cc1c(C(=O)Nc2ccccc2)c(-c2ccccc2)c(-c2ccccc2)n1-c1ccc(Br)cc1. The Morgan fingerprint density at radius 1 is 0.706 bits per heavy atom. The van der Waals surface area contributed by atoms with Crippen LogP contribution in [0.1, 0.15) is 16.1 Å². The second kappa shape index (κ2) is 9.54. The molecule has 1 N–H and O–H groups in total. The molecule has 34 heavy (non-hydrogen) atoms. The molecule has 0 unspecified atom stereocenters. The number of rotatable bonds is 5. The van der Waals surface area contributed by atoms with Gasteiger partial charge in [0.15, 0.2) is 0 Å². The number of para-hydroxylation sites is 1. The van der Waals surface area contributed by atoms with Crippen molar-refractivity contribution >= 4 is 27.5 Å². The van der Waals surface area contributed by atoms with Crippen LogP contribution in [0.4, 0.5) is 5.69 Å². The van der Waals surface area contributed by atoms with Gasteiger partial charge in [-0.05, 0) is 54.4 Å². The third-order valence-electron chi connectivity index (χ3n) is 5.86. The molecule has 0 radical (unpaired) electrons. The van der Waals surface area contributed by atoms with E-state index in [-0.39, 0.29) is 5.91 Å². The number of nitrogens with one attached hydrogen (secondary N) is 1. The second-order valence-corrected chi connectivity index (χ2v) is 8.96. The first-order chi connectivity index (χ1) is 16.6. The van der Waals surface area contributed by atoms with Crippen LogP contribution in [0.15, 0.2) is 120 Å². The highest BCUT2D eigenvalue weighted by molar-refractivity contribution is 9.10. The summed E-state index contributed by atoms with van der Waals surface area (Å²) in [4.78, 5) is 13.8. The molecule has 3 nitrogen and oxygen atoms in total. The maximum Gasteiger partial charge on any atom is 0.258 e. The van der Waals surface area contributed by atoms with Crippen molar-refractivity contribution < 1.29 is 4.79 Å². The number of hydrogen-bond acceptors (Lipinski definition) is 1. The van der Waals surface area contributed by atoms with E-state index in [9.17, 15) is 4.79 Å². The molecule has 0 aliphatic heterocycles. The van der Waals surface area contributed by atoms with Gasteiger partial charge in [-0.25, -0.2) is 0 Å². The van der Waals surface area contributed by atoms with E-state index in [1.807, 2.05) is 85.8 Å². The first-order valence-corrected chi connectivity index (χ1v) is 11.9. The van der Waals surface area contributed by atoms with Gasteiger partial charge >= 0.3 is 0 Å². The maximum absolute atomic E-state index is 13.8. The molecule has 0 bridgehead atoms. The molecule has 0 spiro atoms. The minimum atomic E-state index is -0.129. The highest BCUT2D eigenvalue weighted by Gasteiger charge is 2.27. The van der Waals surface area contributed by atoms with Gasteiger partial charge in [-0.2, -0.15) is 0 Å². The second-order valence-electron chi connectivity index (χ2n) is 8.05. The summed E-state index contributed by atoms with van der Waals surface area (Å²) in [5, 5.41) is 3.10. The quantitative estimate of drug-likeness (QED) is 0.256. The lowest BCUT2D eigenvalue weighted by Crippen LogP contribution is -2.14. The van der Waals surface area contributed by atoms with Crippen molar-refractivity contribution in [2.75, 3.05) is 5.32 Å². The number of amides is 1. The fourth-order valence-electron chi connectivity index (χ4n) is 4.35. The zero-order valence-corrected chi connectivity index (χ0v) is 20.3. The standard InChI is InChI=1S/C30H23BrN2O/c1-21-27(30(34)32-25-15-9-4-10-16-25)28(22-11-5-2-6-12-22)29(23-13-7-3-8-14-23)33(21)26-19-17-24(31)18-20-26/h2-20H,1H3,(H,32,34). The number of aromatic nitrogens is 1. The van der Waals surface area contributed by atoms with Crippen molar-refractivity contribution in [2.45, 2.75) is 6.92 Å². The summed E-state index contributed by atoms with van der Waals surface area (Å²) in [7, 11) is 0. The number of anilines is 1. The Bertz CT molecular complexity index is 1420. The van der Waals surface area contributed by atoms with Crippen molar-refractivity contribution in [3.8, 4) is 28.1 Å². The van der Waals surface area contributed by atoms with E-state index in [4.69, 9.17) is 0 Å². The average molecular weight is 507 g/mol. The summed E-state index contributed by atoms with van der Waals surface area (Å²) >= 11 is 3.54. The molecule has 4 heteroatoms. The van der Waals surface area contributed by atoms with Gasteiger partial charge in [-0.15, -0.1) is 0 Å². The molecular formula is C30H23BrN2O. The van der Waals surface area contributed by atoms with Crippen LogP contribution in [0.25, 0.3) is 28.1 Å². The van der Waals surface area contributed by atoms with Crippen LogP contribution in [0.3, 0.4) is 0 Å². The normalized spacial score (nSPS) is 10.8. The topological polar surface area (TPSA) is 34.0 Å². The zero-order chi connectivity index (χ0) is 23.5. The average Bonchev–Trinajstić information content (AvgIpc) is 3.19. The minimum Gasteiger partial charge on any atom is -0.322 e. The van der Waals surface area contributed by atoms with E-state index in [1.54, 1.807) is 0 Å². The monoisotopic (exact) mass is 506 g/mol. The molecule has 4 aromatic carbocycles. The molecule has 5 aromatic rings. The van der Waals surface area contributed by atoms with Crippen LogP contribution < -0.4 is 5.32 Å². The predicted octanol–water partition coefficient (Wildman–Crippen LogP) is 8.13. The third-order valence-corrected chi connectivity index (χ3v) is 6.39. The van der Waals surface area contributed by atoms with Gasteiger partial charge in [0.2, 0.25) is 0 Å². The lowest BCUT2D eigenvalue weighted by molar-refractivity contribution is 0.102. The molecule has 0 saturated heterocycles. The third kappa shape index (κ3) is 4.20. The number of halogens is 1. The first kappa shape index (κ1) is 21.9. The van der Waals surface area contributed by atoms with Crippen LogP contribution in [0, 0.1) is 6.92 Å². The molecule has 166 valence electrons. The molecule has 0 fully saturated rings. The molecule has 0 saturated carbocycles. The van der Waals surface area contributed by atoms with Gasteiger partial charge in [0.05, 0.1) is 11.3 Å². The number of benzene rings is 4. The van der Waals surface area contributed by atoms with Crippen LogP contribution in [0.5, 0.6) is 0 Å². The number of nitrogens with zero attached hydrogens (tertiary/aromatic N) is 1. The van der Waals surface area contributed by atoms with E-state index in [1.165, 1.54) is 0 Å². The maximum atomic E-state index is 13.8. The zero-order valence-electron chi connectivity index (χ0n) is 18.7. The van der Waals surface area contributed by atoms with Crippen LogP contribution in [-0.2, 0) is 0 Å². The Kier molecular flexibility index (Phi) is 6.15. The molecule has 1 amide bonds. The van der Waals surface area contributed by atoms with Crippen LogP contribution in [-0.4, -0.2) is 10.5 Å². The summed E-state index contributed by atoms with van der Waals surface area (Å²) < 4.78 is 3.19. The Morgan fingerprint density at radius 2 is 1.24 bits per heavy atom. The molecular weight excluding hydrogens is 484 g/mol. The van der Waals surface area contributed by atoms with Gasteiger partial charge in [0.1, 0.15) is 0 Å². The Hall–Kier alpha value is -3.89. The fourth-order valence-corrected chi connectivity index (χ4v) is 4.62. The molecule has 1 aromatic heterocycles. The van der Waals surface area contributed by atoms with Gasteiger partial charge in [-0.3, -0.25) is 4.79 Å². The van der Waals surface area contributed by atoms with Gasteiger partial charge < -0.3 is 9.88 Å². The molecule has 0 atom stereocenters. The van der Waals surface area contributed by atoms with E-state index in [0.717, 1.165) is 43.9 Å². The highest BCUT2D eigenvalue weighted by atomic mass is 79.9. The van der Waals surface area contributed by atoms with Crippen molar-refractivity contribution in [1.82, 2.24) is 4.57 Å². The van der Waals surface area contributed by atoms with Crippen molar-refractivity contribution in [1.29, 1.82) is 0 Å². The Balaban J connectivity index is 1.82. The Labute approximate surface area is 207 Å². The molecule has 0 aliphatic carbocycles. The van der Waals surface area contributed by atoms with Crippen LogP contribution in [0.2, 0.25) is 0 Å². The largest absolute Gasteiger partial charge is 0.322 e. The summed E-state index contributed by atoms with van der Waals surface area (Å²) in [6.45, 7) is 2.01.